The van der Waals surface area contributed by atoms with Crippen molar-refractivity contribution in [3.63, 3.8) is 0 Å². The molecule has 0 radical (unpaired) electrons. The summed E-state index contributed by atoms with van der Waals surface area (Å²) in [4.78, 5) is 2.62. The van der Waals surface area contributed by atoms with E-state index in [0.717, 1.165) is 13.2 Å². The third kappa shape index (κ3) is 2.30. The minimum absolute atomic E-state index is 0.329. The van der Waals surface area contributed by atoms with Crippen molar-refractivity contribution in [2.45, 2.75) is 37.5 Å². The van der Waals surface area contributed by atoms with E-state index < -0.39 is 0 Å². The molecule has 2 aliphatic rings. The predicted octanol–water partition coefficient (Wildman–Crippen LogP) is 3.15. The van der Waals surface area contributed by atoms with Crippen molar-refractivity contribution in [3.8, 4) is 0 Å². The van der Waals surface area contributed by atoms with Crippen LogP contribution < -0.4 is 5.73 Å². The molecule has 2 fully saturated rings. The van der Waals surface area contributed by atoms with Crippen LogP contribution in [0.2, 0.25) is 0 Å². The van der Waals surface area contributed by atoms with E-state index in [1.807, 2.05) is 11.3 Å². The summed E-state index contributed by atoms with van der Waals surface area (Å²) in [7, 11) is 0. The summed E-state index contributed by atoms with van der Waals surface area (Å²) in [5, 5.41) is 3.68. The summed E-state index contributed by atoms with van der Waals surface area (Å²) in [6, 6.07) is 9.57. The first-order valence-electron chi connectivity index (χ1n) is 7.92. The zero-order chi connectivity index (χ0) is 14.2. The normalized spacial score (nSPS) is 27.9. The summed E-state index contributed by atoms with van der Waals surface area (Å²) >= 11 is 1.83. The molecule has 3 nitrogen and oxygen atoms in total. The standard InChI is InChI=1S/C17H22N2OS/c18-10-15(13-11-21-17-7-2-1-4-12(13)17)19-8-9-20-16-6-3-5-14(16)19/h1-2,4,7,11,14-16H,3,5-6,8-10,18H2. The van der Waals surface area contributed by atoms with Crippen molar-refractivity contribution < 1.29 is 4.74 Å². The summed E-state index contributed by atoms with van der Waals surface area (Å²) in [5.74, 6) is 0. The molecule has 0 amide bonds. The number of hydrogen-bond acceptors (Lipinski definition) is 4. The minimum atomic E-state index is 0.329. The second-order valence-electron chi connectivity index (χ2n) is 6.08. The molecule has 112 valence electrons. The Bertz CT molecular complexity index is 626. The lowest BCUT2D eigenvalue weighted by Crippen LogP contribution is -2.51. The van der Waals surface area contributed by atoms with Crippen molar-refractivity contribution in [3.05, 3.63) is 35.2 Å². The van der Waals surface area contributed by atoms with E-state index in [4.69, 9.17) is 10.5 Å². The van der Waals surface area contributed by atoms with Crippen LogP contribution in [0.1, 0.15) is 30.9 Å². The van der Waals surface area contributed by atoms with Crippen LogP contribution in [0.4, 0.5) is 0 Å². The summed E-state index contributed by atoms with van der Waals surface area (Å²) < 4.78 is 7.31. The second-order valence-corrected chi connectivity index (χ2v) is 7.00. The Hall–Kier alpha value is -0.940. The highest BCUT2D eigenvalue weighted by Gasteiger charge is 2.39. The predicted molar refractivity (Wildman–Crippen MR) is 87.7 cm³/mol. The molecule has 4 heteroatoms. The Morgan fingerprint density at radius 3 is 3.14 bits per heavy atom. The molecule has 0 spiro atoms. The highest BCUT2D eigenvalue weighted by molar-refractivity contribution is 7.17. The fraction of sp³-hybridized carbons (Fsp3) is 0.529. The zero-order valence-corrected chi connectivity index (χ0v) is 13.0. The fourth-order valence-corrected chi connectivity index (χ4v) is 5.05. The van der Waals surface area contributed by atoms with Crippen LogP contribution in [0, 0.1) is 0 Å². The maximum atomic E-state index is 6.19. The Balaban J connectivity index is 1.70. The molecule has 3 atom stereocenters. The van der Waals surface area contributed by atoms with Crippen LogP contribution in [-0.2, 0) is 4.74 Å². The van der Waals surface area contributed by atoms with E-state index in [2.05, 4.69) is 34.5 Å². The van der Waals surface area contributed by atoms with E-state index in [1.54, 1.807) is 0 Å². The largest absolute Gasteiger partial charge is 0.375 e. The molecule has 21 heavy (non-hydrogen) atoms. The molecular weight excluding hydrogens is 280 g/mol. The smallest absolute Gasteiger partial charge is 0.0731 e. The lowest BCUT2D eigenvalue weighted by atomic mass is 10.00. The van der Waals surface area contributed by atoms with Crippen molar-refractivity contribution in [2.24, 2.45) is 5.73 Å². The molecule has 1 saturated carbocycles. The maximum Gasteiger partial charge on any atom is 0.0731 e. The van der Waals surface area contributed by atoms with Gasteiger partial charge in [0.1, 0.15) is 0 Å². The number of hydrogen-bond donors (Lipinski definition) is 1. The lowest BCUT2D eigenvalue weighted by molar-refractivity contribution is -0.0709. The Kier molecular flexibility index (Phi) is 3.71. The van der Waals surface area contributed by atoms with Crippen LogP contribution in [0.3, 0.4) is 0 Å². The van der Waals surface area contributed by atoms with Gasteiger partial charge in [-0.3, -0.25) is 4.90 Å². The first-order chi connectivity index (χ1) is 10.4. The van der Waals surface area contributed by atoms with Gasteiger partial charge in [-0.15, -0.1) is 11.3 Å². The van der Waals surface area contributed by atoms with Crippen LogP contribution in [0.15, 0.2) is 29.6 Å². The van der Waals surface area contributed by atoms with Gasteiger partial charge >= 0.3 is 0 Å². The Morgan fingerprint density at radius 1 is 1.33 bits per heavy atom. The number of ether oxygens (including phenoxy) is 1. The Morgan fingerprint density at radius 2 is 2.24 bits per heavy atom. The van der Waals surface area contributed by atoms with Crippen LogP contribution in [-0.4, -0.2) is 36.7 Å². The number of nitrogens with two attached hydrogens (primary N) is 1. The topological polar surface area (TPSA) is 38.5 Å². The van der Waals surface area contributed by atoms with Crippen molar-refractivity contribution in [2.75, 3.05) is 19.7 Å². The maximum absolute atomic E-state index is 6.19. The summed E-state index contributed by atoms with van der Waals surface area (Å²) in [6.45, 7) is 2.54. The van der Waals surface area contributed by atoms with Crippen LogP contribution in [0.25, 0.3) is 10.1 Å². The highest BCUT2D eigenvalue weighted by atomic mass is 32.1. The minimum Gasteiger partial charge on any atom is -0.375 e. The molecular formula is C17H22N2OS. The van der Waals surface area contributed by atoms with Gasteiger partial charge in [0, 0.05) is 29.9 Å². The molecule has 1 aliphatic heterocycles. The molecule has 1 aliphatic carbocycles. The van der Waals surface area contributed by atoms with Gasteiger partial charge in [-0.2, -0.15) is 0 Å². The molecule has 2 N–H and O–H groups in total. The van der Waals surface area contributed by atoms with E-state index in [9.17, 15) is 0 Å². The summed E-state index contributed by atoms with van der Waals surface area (Å²) in [5.41, 5.74) is 7.60. The fourth-order valence-electron chi connectivity index (χ4n) is 4.04. The summed E-state index contributed by atoms with van der Waals surface area (Å²) in [6.07, 6.45) is 4.18. The SMILES string of the molecule is NCC(c1csc2ccccc12)N1CCOC2CCCC21. The van der Waals surface area contributed by atoms with Gasteiger partial charge in [0.2, 0.25) is 0 Å². The van der Waals surface area contributed by atoms with Gasteiger partial charge in [0.15, 0.2) is 0 Å². The van der Waals surface area contributed by atoms with Crippen molar-refractivity contribution >= 4 is 21.4 Å². The molecule has 1 saturated heterocycles. The molecule has 2 heterocycles. The molecule has 3 unspecified atom stereocenters. The van der Waals surface area contributed by atoms with Gasteiger partial charge in [-0.25, -0.2) is 0 Å². The van der Waals surface area contributed by atoms with Crippen LogP contribution >= 0.6 is 11.3 Å². The number of nitrogens with zero attached hydrogens (tertiary/aromatic N) is 1. The quantitative estimate of drug-likeness (QED) is 0.946. The molecule has 0 bridgehead atoms. The second kappa shape index (κ2) is 5.69. The van der Waals surface area contributed by atoms with Crippen LogP contribution in [0.5, 0.6) is 0 Å². The molecule has 1 aromatic carbocycles. The number of fused-ring (bicyclic) bond motifs is 2. The van der Waals surface area contributed by atoms with Gasteiger partial charge in [-0.05, 0) is 41.7 Å². The van der Waals surface area contributed by atoms with E-state index in [0.29, 0.717) is 24.7 Å². The number of thiophene rings is 1. The zero-order valence-electron chi connectivity index (χ0n) is 12.2. The van der Waals surface area contributed by atoms with Gasteiger partial charge in [-0.1, -0.05) is 18.2 Å². The number of morpholine rings is 1. The first kappa shape index (κ1) is 13.7. The Labute approximate surface area is 129 Å². The first-order valence-corrected chi connectivity index (χ1v) is 8.80. The lowest BCUT2D eigenvalue weighted by Gasteiger charge is -2.42. The van der Waals surface area contributed by atoms with E-state index in [1.165, 1.54) is 34.9 Å². The van der Waals surface area contributed by atoms with Gasteiger partial charge in [0.25, 0.3) is 0 Å². The van der Waals surface area contributed by atoms with Crippen molar-refractivity contribution in [1.29, 1.82) is 0 Å². The number of rotatable bonds is 3. The number of benzene rings is 1. The monoisotopic (exact) mass is 302 g/mol. The van der Waals surface area contributed by atoms with Gasteiger partial charge in [0.05, 0.1) is 12.7 Å². The average molecular weight is 302 g/mol. The van der Waals surface area contributed by atoms with Crippen molar-refractivity contribution in [1.82, 2.24) is 4.90 Å². The third-order valence-electron chi connectivity index (χ3n) is 5.02. The molecule has 1 aromatic heterocycles. The van der Waals surface area contributed by atoms with Gasteiger partial charge < -0.3 is 10.5 Å². The third-order valence-corrected chi connectivity index (χ3v) is 6.00. The highest BCUT2D eigenvalue weighted by Crippen LogP contribution is 2.38. The average Bonchev–Trinajstić information content (AvgIpc) is 3.15. The molecule has 4 rings (SSSR count). The van der Waals surface area contributed by atoms with E-state index >= 15 is 0 Å². The van der Waals surface area contributed by atoms with E-state index in [-0.39, 0.29) is 0 Å². The molecule has 2 aromatic rings.